The van der Waals surface area contributed by atoms with Gasteiger partial charge in [-0.1, -0.05) is 11.9 Å². The van der Waals surface area contributed by atoms with Gasteiger partial charge in [-0.2, -0.15) is 5.26 Å². The Hall–Kier alpha value is -0.460. The molecule has 0 saturated heterocycles. The Morgan fingerprint density at radius 1 is 1.86 bits per heavy atom. The van der Waals surface area contributed by atoms with Gasteiger partial charge in [-0.15, -0.1) is 0 Å². The summed E-state index contributed by atoms with van der Waals surface area (Å²) in [6.45, 7) is 0. The monoisotopic (exact) mass is 112 g/mol. The molecule has 1 rings (SSSR count). The third-order valence-corrected chi connectivity index (χ3v) is 1.36. The van der Waals surface area contributed by atoms with Crippen molar-refractivity contribution in [1.29, 1.82) is 5.26 Å². The summed E-state index contributed by atoms with van der Waals surface area (Å²) < 4.78 is 2.85. The standard InChI is InChI=1S/C4H4N2S/c5-3-4-1-2-7-6-4/h1-2,4,6H. The lowest BCUT2D eigenvalue weighted by Crippen LogP contribution is -2.11. The van der Waals surface area contributed by atoms with Crippen molar-refractivity contribution in [3.63, 3.8) is 0 Å². The molecule has 1 N–H and O–H groups in total. The predicted molar refractivity (Wildman–Crippen MR) is 29.3 cm³/mol. The van der Waals surface area contributed by atoms with Crippen LogP contribution in [0.3, 0.4) is 0 Å². The van der Waals surface area contributed by atoms with Gasteiger partial charge in [0.15, 0.2) is 0 Å². The molecule has 3 heteroatoms. The zero-order chi connectivity index (χ0) is 5.11. The van der Waals surface area contributed by atoms with Crippen LogP contribution in [-0.4, -0.2) is 6.04 Å². The Balaban J connectivity index is 2.47. The van der Waals surface area contributed by atoms with E-state index in [4.69, 9.17) is 5.26 Å². The number of rotatable bonds is 0. The minimum absolute atomic E-state index is 0.0648. The molecule has 0 aromatic heterocycles. The van der Waals surface area contributed by atoms with E-state index in [-0.39, 0.29) is 6.04 Å². The van der Waals surface area contributed by atoms with Gasteiger partial charge in [0.05, 0.1) is 6.07 Å². The van der Waals surface area contributed by atoms with E-state index in [0.717, 1.165) is 0 Å². The van der Waals surface area contributed by atoms with Crippen LogP contribution in [0.15, 0.2) is 11.5 Å². The molecular weight excluding hydrogens is 108 g/mol. The molecule has 36 valence electrons. The summed E-state index contributed by atoms with van der Waals surface area (Å²) in [5, 5.41) is 10.1. The minimum Gasteiger partial charge on any atom is -0.240 e. The first-order chi connectivity index (χ1) is 3.43. The summed E-state index contributed by atoms with van der Waals surface area (Å²) in [4.78, 5) is 0. The highest BCUT2D eigenvalue weighted by molar-refractivity contribution is 8.00. The Bertz CT molecular complexity index is 124. The maximum atomic E-state index is 8.19. The molecule has 0 amide bonds. The van der Waals surface area contributed by atoms with Gasteiger partial charge in [0.25, 0.3) is 0 Å². The van der Waals surface area contributed by atoms with Gasteiger partial charge in [0, 0.05) is 0 Å². The second kappa shape index (κ2) is 2.01. The van der Waals surface area contributed by atoms with Crippen LogP contribution in [-0.2, 0) is 0 Å². The minimum atomic E-state index is -0.0648. The lowest BCUT2D eigenvalue weighted by molar-refractivity contribution is 0.973. The first kappa shape index (κ1) is 4.69. The fourth-order valence-corrected chi connectivity index (χ4v) is 0.931. The van der Waals surface area contributed by atoms with Crippen LogP contribution in [0, 0.1) is 11.3 Å². The number of nitrogens with zero attached hydrogens (tertiary/aromatic N) is 1. The van der Waals surface area contributed by atoms with Crippen molar-refractivity contribution in [2.24, 2.45) is 0 Å². The zero-order valence-corrected chi connectivity index (χ0v) is 4.40. The lowest BCUT2D eigenvalue weighted by atomic mass is 10.4. The van der Waals surface area contributed by atoms with E-state index >= 15 is 0 Å². The van der Waals surface area contributed by atoms with Crippen molar-refractivity contribution in [3.05, 3.63) is 11.5 Å². The highest BCUT2D eigenvalue weighted by atomic mass is 32.2. The van der Waals surface area contributed by atoms with Gasteiger partial charge in [-0.05, 0) is 11.5 Å². The van der Waals surface area contributed by atoms with Gasteiger partial charge in [0.2, 0.25) is 0 Å². The maximum absolute atomic E-state index is 8.19. The van der Waals surface area contributed by atoms with E-state index in [0.29, 0.717) is 0 Å². The molecule has 2 nitrogen and oxygen atoms in total. The van der Waals surface area contributed by atoms with Crippen molar-refractivity contribution in [3.8, 4) is 6.07 Å². The number of hydrogen-bond donors (Lipinski definition) is 1. The quantitative estimate of drug-likeness (QED) is 0.467. The summed E-state index contributed by atoms with van der Waals surface area (Å²) >= 11 is 1.45. The van der Waals surface area contributed by atoms with E-state index in [1.807, 2.05) is 17.6 Å². The normalized spacial score (nSPS) is 27.6. The summed E-state index contributed by atoms with van der Waals surface area (Å²) in [6.07, 6.45) is 1.82. The fraction of sp³-hybridized carbons (Fsp3) is 0.250. The van der Waals surface area contributed by atoms with Gasteiger partial charge in [-0.25, -0.2) is 4.72 Å². The summed E-state index contributed by atoms with van der Waals surface area (Å²) in [5.41, 5.74) is 0. The molecule has 0 spiro atoms. The second-order valence-corrected chi connectivity index (χ2v) is 1.91. The molecule has 1 atom stereocenters. The van der Waals surface area contributed by atoms with Gasteiger partial charge in [0.1, 0.15) is 6.04 Å². The average Bonchev–Trinajstić information content (AvgIpc) is 2.14. The number of hydrogen-bond acceptors (Lipinski definition) is 3. The Labute approximate surface area is 46.3 Å². The molecule has 0 aromatic carbocycles. The van der Waals surface area contributed by atoms with E-state index in [1.165, 1.54) is 11.9 Å². The van der Waals surface area contributed by atoms with Crippen molar-refractivity contribution < 1.29 is 0 Å². The molecule has 1 aliphatic heterocycles. The third kappa shape index (κ3) is 0.952. The fourth-order valence-electron chi connectivity index (χ4n) is 0.339. The Morgan fingerprint density at radius 3 is 3.00 bits per heavy atom. The van der Waals surface area contributed by atoms with Crippen LogP contribution in [0.25, 0.3) is 0 Å². The molecule has 0 fully saturated rings. The summed E-state index contributed by atoms with van der Waals surface area (Å²) in [7, 11) is 0. The molecule has 1 aliphatic rings. The van der Waals surface area contributed by atoms with E-state index < -0.39 is 0 Å². The summed E-state index contributed by atoms with van der Waals surface area (Å²) in [5.74, 6) is 0. The van der Waals surface area contributed by atoms with Gasteiger partial charge < -0.3 is 0 Å². The van der Waals surface area contributed by atoms with E-state index in [1.54, 1.807) is 0 Å². The molecule has 0 aliphatic carbocycles. The SMILES string of the molecule is N#CC1C=CSN1. The van der Waals surface area contributed by atoms with Crippen LogP contribution in [0.4, 0.5) is 0 Å². The number of nitrogens with one attached hydrogen (secondary N) is 1. The van der Waals surface area contributed by atoms with Crippen molar-refractivity contribution in [2.75, 3.05) is 0 Å². The molecule has 0 radical (unpaired) electrons. The maximum Gasteiger partial charge on any atom is 0.124 e. The van der Waals surface area contributed by atoms with Gasteiger partial charge >= 0.3 is 0 Å². The van der Waals surface area contributed by atoms with Gasteiger partial charge in [-0.3, -0.25) is 0 Å². The topological polar surface area (TPSA) is 35.8 Å². The lowest BCUT2D eigenvalue weighted by Gasteiger charge is -1.89. The van der Waals surface area contributed by atoms with Crippen LogP contribution < -0.4 is 4.72 Å². The largest absolute Gasteiger partial charge is 0.240 e. The van der Waals surface area contributed by atoms with Crippen LogP contribution in [0.2, 0.25) is 0 Å². The molecule has 1 heterocycles. The summed E-state index contributed by atoms with van der Waals surface area (Å²) in [6, 6.07) is 1.98. The van der Waals surface area contributed by atoms with Crippen molar-refractivity contribution in [1.82, 2.24) is 4.72 Å². The molecule has 0 aromatic rings. The number of nitriles is 1. The van der Waals surface area contributed by atoms with Crippen LogP contribution in [0.5, 0.6) is 0 Å². The highest BCUT2D eigenvalue weighted by Gasteiger charge is 2.03. The first-order valence-electron chi connectivity index (χ1n) is 1.91. The first-order valence-corrected chi connectivity index (χ1v) is 2.79. The highest BCUT2D eigenvalue weighted by Crippen LogP contribution is 2.07. The third-order valence-electron chi connectivity index (χ3n) is 0.673. The molecule has 1 unspecified atom stereocenters. The van der Waals surface area contributed by atoms with Crippen molar-refractivity contribution >= 4 is 11.9 Å². The second-order valence-electron chi connectivity index (χ2n) is 1.17. The van der Waals surface area contributed by atoms with Crippen molar-refractivity contribution in [2.45, 2.75) is 6.04 Å². The van der Waals surface area contributed by atoms with E-state index in [2.05, 4.69) is 4.72 Å². The van der Waals surface area contributed by atoms with Crippen LogP contribution in [0.1, 0.15) is 0 Å². The van der Waals surface area contributed by atoms with E-state index in [9.17, 15) is 0 Å². The Morgan fingerprint density at radius 2 is 2.71 bits per heavy atom. The molecule has 0 bridgehead atoms. The molecule has 0 saturated carbocycles. The smallest absolute Gasteiger partial charge is 0.124 e. The average molecular weight is 112 g/mol. The zero-order valence-electron chi connectivity index (χ0n) is 3.59. The predicted octanol–water partition coefficient (Wildman–Crippen LogP) is 0.644. The molecular formula is C4H4N2S. The Kier molecular flexibility index (Phi) is 1.35. The van der Waals surface area contributed by atoms with Crippen LogP contribution >= 0.6 is 11.9 Å². The molecule has 7 heavy (non-hydrogen) atoms.